The van der Waals surface area contributed by atoms with Crippen LogP contribution in [0.1, 0.15) is 5.56 Å². The van der Waals surface area contributed by atoms with Gasteiger partial charge in [0.2, 0.25) is 5.91 Å². The topological polar surface area (TPSA) is 89.4 Å². The van der Waals surface area contributed by atoms with Gasteiger partial charge in [-0.15, -0.1) is 0 Å². The lowest BCUT2D eigenvalue weighted by Gasteiger charge is -2.15. The van der Waals surface area contributed by atoms with E-state index in [0.717, 1.165) is 16.5 Å². The smallest absolute Gasteiger partial charge is 0.241 e. The molecule has 0 spiro atoms. The molecule has 0 saturated carbocycles. The second kappa shape index (κ2) is 7.27. The van der Waals surface area contributed by atoms with E-state index < -0.39 is 6.04 Å². The maximum atomic E-state index is 12.5. The SMILES string of the molecule is COc1ccc(NC(=O)[C@@H](N)Cc2c[nH]c3ccccc23)c(OC)c1. The molecule has 2 aromatic carbocycles. The maximum absolute atomic E-state index is 12.5. The number of ether oxygens (including phenoxy) is 2. The molecule has 1 amide bonds. The highest BCUT2D eigenvalue weighted by molar-refractivity contribution is 5.96. The number of para-hydroxylation sites is 1. The van der Waals surface area contributed by atoms with Gasteiger partial charge in [-0.2, -0.15) is 0 Å². The number of rotatable bonds is 6. The van der Waals surface area contributed by atoms with Crippen LogP contribution in [0.3, 0.4) is 0 Å². The first kappa shape index (κ1) is 16.9. The summed E-state index contributed by atoms with van der Waals surface area (Å²) in [6.45, 7) is 0. The minimum atomic E-state index is -0.675. The van der Waals surface area contributed by atoms with Crippen molar-refractivity contribution in [1.29, 1.82) is 0 Å². The summed E-state index contributed by atoms with van der Waals surface area (Å²) < 4.78 is 10.4. The molecule has 0 fully saturated rings. The van der Waals surface area contributed by atoms with E-state index in [4.69, 9.17) is 15.2 Å². The van der Waals surface area contributed by atoms with Crippen LogP contribution >= 0.6 is 0 Å². The molecule has 0 aliphatic carbocycles. The second-order valence-electron chi connectivity index (χ2n) is 5.73. The van der Waals surface area contributed by atoms with Crippen LogP contribution in [0.15, 0.2) is 48.7 Å². The van der Waals surface area contributed by atoms with Gasteiger partial charge in [-0.25, -0.2) is 0 Å². The van der Waals surface area contributed by atoms with Gasteiger partial charge in [-0.1, -0.05) is 18.2 Å². The maximum Gasteiger partial charge on any atom is 0.241 e. The number of carbonyl (C=O) groups excluding carboxylic acids is 1. The van der Waals surface area contributed by atoms with Crippen molar-refractivity contribution in [3.63, 3.8) is 0 Å². The van der Waals surface area contributed by atoms with Crippen LogP contribution in [-0.2, 0) is 11.2 Å². The summed E-state index contributed by atoms with van der Waals surface area (Å²) in [7, 11) is 3.11. The Hall–Kier alpha value is -2.99. The Balaban J connectivity index is 1.73. The molecule has 0 radical (unpaired) electrons. The van der Waals surface area contributed by atoms with Gasteiger partial charge in [0.1, 0.15) is 11.5 Å². The molecule has 6 heteroatoms. The average Bonchev–Trinajstić information content (AvgIpc) is 3.05. The highest BCUT2D eigenvalue weighted by Crippen LogP contribution is 2.29. The predicted octanol–water partition coefficient (Wildman–Crippen LogP) is 2.69. The van der Waals surface area contributed by atoms with Gasteiger partial charge >= 0.3 is 0 Å². The largest absolute Gasteiger partial charge is 0.497 e. The first-order chi connectivity index (χ1) is 12.1. The highest BCUT2D eigenvalue weighted by Gasteiger charge is 2.18. The number of hydrogen-bond acceptors (Lipinski definition) is 4. The van der Waals surface area contributed by atoms with Crippen molar-refractivity contribution in [2.45, 2.75) is 12.5 Å². The Kier molecular flexibility index (Phi) is 4.90. The van der Waals surface area contributed by atoms with E-state index in [9.17, 15) is 4.79 Å². The molecule has 0 unspecified atom stereocenters. The highest BCUT2D eigenvalue weighted by atomic mass is 16.5. The summed E-state index contributed by atoms with van der Waals surface area (Å²) in [6, 6.07) is 12.5. The number of H-pyrrole nitrogens is 1. The van der Waals surface area contributed by atoms with Crippen LogP contribution < -0.4 is 20.5 Å². The summed E-state index contributed by atoms with van der Waals surface area (Å²) in [4.78, 5) is 15.7. The van der Waals surface area contributed by atoms with Crippen LogP contribution in [0.2, 0.25) is 0 Å². The molecule has 1 atom stereocenters. The zero-order valence-corrected chi connectivity index (χ0v) is 14.2. The molecule has 1 aromatic heterocycles. The third kappa shape index (κ3) is 3.59. The predicted molar refractivity (Wildman–Crippen MR) is 98.2 cm³/mol. The third-order valence-electron chi connectivity index (χ3n) is 4.12. The van der Waals surface area contributed by atoms with Crippen LogP contribution in [0.4, 0.5) is 5.69 Å². The Morgan fingerprint density at radius 2 is 2.00 bits per heavy atom. The van der Waals surface area contributed by atoms with Gasteiger partial charge in [0.25, 0.3) is 0 Å². The minimum Gasteiger partial charge on any atom is -0.497 e. The Bertz CT molecular complexity index is 889. The zero-order chi connectivity index (χ0) is 17.8. The van der Waals surface area contributed by atoms with Gasteiger partial charge in [-0.05, 0) is 30.2 Å². The fourth-order valence-electron chi connectivity index (χ4n) is 2.76. The van der Waals surface area contributed by atoms with Crippen molar-refractivity contribution in [3.8, 4) is 11.5 Å². The Labute approximate surface area is 145 Å². The number of methoxy groups -OCH3 is 2. The monoisotopic (exact) mass is 339 g/mol. The van der Waals surface area contributed by atoms with E-state index in [-0.39, 0.29) is 5.91 Å². The van der Waals surface area contributed by atoms with E-state index in [1.807, 2.05) is 30.5 Å². The van der Waals surface area contributed by atoms with Crippen molar-refractivity contribution in [2.24, 2.45) is 5.73 Å². The van der Waals surface area contributed by atoms with E-state index in [1.165, 1.54) is 7.11 Å². The van der Waals surface area contributed by atoms with Crippen molar-refractivity contribution >= 4 is 22.5 Å². The summed E-state index contributed by atoms with van der Waals surface area (Å²) >= 11 is 0. The Morgan fingerprint density at radius 1 is 1.20 bits per heavy atom. The fraction of sp³-hybridized carbons (Fsp3) is 0.211. The number of aromatic nitrogens is 1. The number of amides is 1. The van der Waals surface area contributed by atoms with Crippen molar-refractivity contribution in [2.75, 3.05) is 19.5 Å². The van der Waals surface area contributed by atoms with E-state index >= 15 is 0 Å². The number of nitrogens with two attached hydrogens (primary N) is 1. The van der Waals surface area contributed by atoms with Crippen LogP contribution in [0, 0.1) is 0 Å². The quantitative estimate of drug-likeness (QED) is 0.644. The van der Waals surface area contributed by atoms with Crippen LogP contribution in [0.25, 0.3) is 10.9 Å². The van der Waals surface area contributed by atoms with Crippen molar-refractivity contribution in [1.82, 2.24) is 4.98 Å². The number of hydrogen-bond donors (Lipinski definition) is 3. The fourth-order valence-corrected chi connectivity index (χ4v) is 2.76. The average molecular weight is 339 g/mol. The third-order valence-corrected chi connectivity index (χ3v) is 4.12. The number of nitrogens with one attached hydrogen (secondary N) is 2. The lowest BCUT2D eigenvalue weighted by molar-refractivity contribution is -0.117. The molecule has 0 bridgehead atoms. The van der Waals surface area contributed by atoms with E-state index in [0.29, 0.717) is 23.6 Å². The first-order valence-corrected chi connectivity index (χ1v) is 7.96. The molecule has 3 aromatic rings. The number of anilines is 1. The molecular formula is C19H21N3O3. The molecule has 0 aliphatic heterocycles. The zero-order valence-electron chi connectivity index (χ0n) is 14.2. The number of benzene rings is 2. The van der Waals surface area contributed by atoms with Crippen LogP contribution in [0.5, 0.6) is 11.5 Å². The summed E-state index contributed by atoms with van der Waals surface area (Å²) in [5.74, 6) is 0.902. The van der Waals surface area contributed by atoms with Crippen molar-refractivity contribution < 1.29 is 14.3 Å². The molecule has 25 heavy (non-hydrogen) atoms. The van der Waals surface area contributed by atoms with Gasteiger partial charge in [-0.3, -0.25) is 4.79 Å². The lowest BCUT2D eigenvalue weighted by Crippen LogP contribution is -2.37. The second-order valence-corrected chi connectivity index (χ2v) is 5.73. The van der Waals surface area contributed by atoms with Crippen molar-refractivity contribution in [3.05, 3.63) is 54.2 Å². The van der Waals surface area contributed by atoms with E-state index in [1.54, 1.807) is 25.3 Å². The number of fused-ring (bicyclic) bond motifs is 1. The minimum absolute atomic E-state index is 0.270. The standard InChI is InChI=1S/C19H21N3O3/c1-24-13-7-8-17(18(10-13)25-2)22-19(23)15(20)9-12-11-21-16-6-4-3-5-14(12)16/h3-8,10-11,15,21H,9,20H2,1-2H3,(H,22,23)/t15-/m0/s1. The van der Waals surface area contributed by atoms with Gasteiger partial charge in [0, 0.05) is 23.2 Å². The molecule has 130 valence electrons. The normalized spacial score (nSPS) is 12.0. The molecule has 4 N–H and O–H groups in total. The molecule has 0 aliphatic rings. The summed E-state index contributed by atoms with van der Waals surface area (Å²) in [5.41, 5.74) is 8.70. The molecular weight excluding hydrogens is 318 g/mol. The van der Waals surface area contributed by atoms with Gasteiger partial charge < -0.3 is 25.5 Å². The van der Waals surface area contributed by atoms with Gasteiger partial charge in [0.15, 0.2) is 0 Å². The lowest BCUT2D eigenvalue weighted by atomic mass is 10.0. The van der Waals surface area contributed by atoms with E-state index in [2.05, 4.69) is 10.3 Å². The molecule has 0 saturated heterocycles. The molecule has 6 nitrogen and oxygen atoms in total. The summed E-state index contributed by atoms with van der Waals surface area (Å²) in [6.07, 6.45) is 2.33. The Morgan fingerprint density at radius 3 is 2.76 bits per heavy atom. The molecule has 3 rings (SSSR count). The number of carbonyl (C=O) groups is 1. The summed E-state index contributed by atoms with van der Waals surface area (Å²) in [5, 5.41) is 3.89. The molecule has 1 heterocycles. The number of aromatic amines is 1. The van der Waals surface area contributed by atoms with Crippen LogP contribution in [-0.4, -0.2) is 31.2 Å². The first-order valence-electron chi connectivity index (χ1n) is 7.96. The van der Waals surface area contributed by atoms with Gasteiger partial charge in [0.05, 0.1) is 25.9 Å².